The number of likely N-dealkylation sites (N-methyl/N-ethyl adjacent to an activating group) is 1. The summed E-state index contributed by atoms with van der Waals surface area (Å²) in [6.45, 7) is 3.55. The van der Waals surface area contributed by atoms with Crippen molar-refractivity contribution in [1.29, 1.82) is 0 Å². The minimum absolute atomic E-state index is 0.0924. The maximum Gasteiger partial charge on any atom is 0.310 e. The van der Waals surface area contributed by atoms with Gasteiger partial charge in [-0.25, -0.2) is 0 Å². The molecule has 0 amide bonds. The fraction of sp³-hybridized carbons (Fsp3) is 0.923. The highest BCUT2D eigenvalue weighted by Gasteiger charge is 2.41. The second-order valence-electron chi connectivity index (χ2n) is 5.30. The first-order chi connectivity index (χ1) is 8.65. The molecule has 4 unspecified atom stereocenters. The van der Waals surface area contributed by atoms with Gasteiger partial charge in [-0.2, -0.15) is 0 Å². The van der Waals surface area contributed by atoms with E-state index in [1.165, 1.54) is 0 Å². The molecule has 2 aliphatic rings. The van der Waals surface area contributed by atoms with E-state index in [1.54, 1.807) is 0 Å². The molecule has 2 rings (SSSR count). The van der Waals surface area contributed by atoms with E-state index in [0.717, 1.165) is 32.2 Å². The average molecular weight is 257 g/mol. The zero-order chi connectivity index (χ0) is 13.1. The molecule has 1 saturated carbocycles. The van der Waals surface area contributed by atoms with Crippen molar-refractivity contribution in [1.82, 2.24) is 4.90 Å². The third-order valence-corrected chi connectivity index (χ3v) is 4.28. The molecule has 104 valence electrons. The van der Waals surface area contributed by atoms with Crippen LogP contribution in [0, 0.1) is 5.92 Å². The predicted octanol–water partition coefficient (Wildman–Crippen LogP) is 0.711. The molecule has 4 atom stereocenters. The number of carboxylic acid groups (broad SMARTS) is 1. The lowest BCUT2D eigenvalue weighted by molar-refractivity contribution is -0.144. The van der Waals surface area contributed by atoms with Gasteiger partial charge < -0.3 is 14.9 Å². The number of carbonyl (C=O) groups is 1. The van der Waals surface area contributed by atoms with Crippen LogP contribution in [0.25, 0.3) is 0 Å². The lowest BCUT2D eigenvalue weighted by atomic mass is 9.89. The van der Waals surface area contributed by atoms with E-state index >= 15 is 0 Å². The van der Waals surface area contributed by atoms with Gasteiger partial charge in [0.2, 0.25) is 0 Å². The molecule has 1 aliphatic carbocycles. The van der Waals surface area contributed by atoms with Crippen molar-refractivity contribution in [3.63, 3.8) is 0 Å². The smallest absolute Gasteiger partial charge is 0.310 e. The standard InChI is InChI=1S/C13H23NO4/c1-2-14(10-5-3-4-6-12(10)15)11-8-18-7-9(11)13(16)17/h9-12,15H,2-8H2,1H3,(H,16,17). The number of nitrogens with zero attached hydrogens (tertiary/aromatic N) is 1. The Morgan fingerprint density at radius 3 is 2.61 bits per heavy atom. The number of rotatable bonds is 4. The SMILES string of the molecule is CCN(C1CCCCC1O)C1COCC1C(=O)O. The Labute approximate surface area is 108 Å². The number of aliphatic carboxylic acids is 1. The number of carboxylic acids is 1. The van der Waals surface area contributed by atoms with Crippen molar-refractivity contribution in [2.24, 2.45) is 5.92 Å². The van der Waals surface area contributed by atoms with Crippen molar-refractivity contribution < 1.29 is 19.7 Å². The summed E-state index contributed by atoms with van der Waals surface area (Å²) in [4.78, 5) is 13.4. The molecule has 1 aliphatic heterocycles. The van der Waals surface area contributed by atoms with Crippen LogP contribution in [-0.4, -0.2) is 59.0 Å². The molecule has 1 heterocycles. The maximum absolute atomic E-state index is 11.2. The average Bonchev–Trinajstić information content (AvgIpc) is 2.82. The largest absolute Gasteiger partial charge is 0.481 e. The number of aliphatic hydroxyl groups excluding tert-OH is 1. The highest BCUT2D eigenvalue weighted by molar-refractivity contribution is 5.71. The lowest BCUT2D eigenvalue weighted by Crippen LogP contribution is -2.53. The predicted molar refractivity (Wildman–Crippen MR) is 66.4 cm³/mol. The molecule has 18 heavy (non-hydrogen) atoms. The fourth-order valence-electron chi connectivity index (χ4n) is 3.30. The summed E-state index contributed by atoms with van der Waals surface area (Å²) < 4.78 is 5.34. The van der Waals surface area contributed by atoms with Crippen LogP contribution in [0.4, 0.5) is 0 Å². The molecular weight excluding hydrogens is 234 g/mol. The Morgan fingerprint density at radius 2 is 2.00 bits per heavy atom. The summed E-state index contributed by atoms with van der Waals surface area (Å²) >= 11 is 0. The van der Waals surface area contributed by atoms with Crippen LogP contribution in [0.1, 0.15) is 32.6 Å². The van der Waals surface area contributed by atoms with Crippen LogP contribution in [0.3, 0.4) is 0 Å². The van der Waals surface area contributed by atoms with Gasteiger partial charge in [-0.1, -0.05) is 19.8 Å². The Balaban J connectivity index is 2.09. The third-order valence-electron chi connectivity index (χ3n) is 4.28. The molecule has 0 bridgehead atoms. The van der Waals surface area contributed by atoms with Crippen molar-refractivity contribution in [2.75, 3.05) is 19.8 Å². The monoisotopic (exact) mass is 257 g/mol. The number of hydrogen-bond acceptors (Lipinski definition) is 4. The van der Waals surface area contributed by atoms with Gasteiger partial charge in [0.15, 0.2) is 0 Å². The second kappa shape index (κ2) is 5.99. The highest BCUT2D eigenvalue weighted by Crippen LogP contribution is 2.29. The minimum Gasteiger partial charge on any atom is -0.481 e. The quantitative estimate of drug-likeness (QED) is 0.776. The molecule has 2 fully saturated rings. The molecule has 0 aromatic heterocycles. The van der Waals surface area contributed by atoms with E-state index in [9.17, 15) is 15.0 Å². The zero-order valence-corrected chi connectivity index (χ0v) is 10.9. The van der Waals surface area contributed by atoms with Crippen LogP contribution in [0.2, 0.25) is 0 Å². The van der Waals surface area contributed by atoms with E-state index < -0.39 is 11.9 Å². The first kappa shape index (κ1) is 13.8. The first-order valence-electron chi connectivity index (χ1n) is 6.89. The van der Waals surface area contributed by atoms with Crippen molar-refractivity contribution in [3.05, 3.63) is 0 Å². The summed E-state index contributed by atoms with van der Waals surface area (Å²) in [5, 5.41) is 19.3. The van der Waals surface area contributed by atoms with Crippen molar-refractivity contribution in [2.45, 2.75) is 50.8 Å². The lowest BCUT2D eigenvalue weighted by Gasteiger charge is -2.41. The number of aliphatic hydroxyl groups is 1. The summed E-state index contributed by atoms with van der Waals surface area (Å²) in [7, 11) is 0. The maximum atomic E-state index is 11.2. The summed E-state index contributed by atoms with van der Waals surface area (Å²) in [6, 6.07) is 0.00236. The first-order valence-corrected chi connectivity index (χ1v) is 6.89. The Bertz CT molecular complexity index is 297. The van der Waals surface area contributed by atoms with Crippen LogP contribution < -0.4 is 0 Å². The molecule has 0 spiro atoms. The topological polar surface area (TPSA) is 70.0 Å². The molecule has 1 saturated heterocycles. The summed E-state index contributed by atoms with van der Waals surface area (Å²) in [5.74, 6) is -1.25. The molecule has 0 radical (unpaired) electrons. The Kier molecular flexibility index (Phi) is 4.59. The van der Waals surface area contributed by atoms with Crippen LogP contribution >= 0.6 is 0 Å². The van der Waals surface area contributed by atoms with Gasteiger partial charge >= 0.3 is 5.97 Å². The highest BCUT2D eigenvalue weighted by atomic mass is 16.5. The zero-order valence-electron chi connectivity index (χ0n) is 10.9. The van der Waals surface area contributed by atoms with Crippen molar-refractivity contribution in [3.8, 4) is 0 Å². The summed E-state index contributed by atoms with van der Waals surface area (Å²) in [6.07, 6.45) is 3.64. The third kappa shape index (κ3) is 2.68. The van der Waals surface area contributed by atoms with Gasteiger partial charge in [0.25, 0.3) is 0 Å². The van der Waals surface area contributed by atoms with E-state index in [4.69, 9.17) is 4.74 Å². The fourth-order valence-corrected chi connectivity index (χ4v) is 3.30. The van der Waals surface area contributed by atoms with Gasteiger partial charge in [0, 0.05) is 12.1 Å². The van der Waals surface area contributed by atoms with Gasteiger partial charge in [-0.3, -0.25) is 9.69 Å². The van der Waals surface area contributed by atoms with Gasteiger partial charge in [0.05, 0.1) is 25.2 Å². The Morgan fingerprint density at radius 1 is 1.28 bits per heavy atom. The molecule has 2 N–H and O–H groups in total. The normalized spacial score (nSPS) is 37.1. The van der Waals surface area contributed by atoms with Crippen LogP contribution in [0.5, 0.6) is 0 Å². The van der Waals surface area contributed by atoms with Gasteiger partial charge in [0.1, 0.15) is 0 Å². The van der Waals surface area contributed by atoms with Crippen molar-refractivity contribution >= 4 is 5.97 Å². The van der Waals surface area contributed by atoms with Gasteiger partial charge in [-0.05, 0) is 19.4 Å². The van der Waals surface area contributed by atoms with Crippen LogP contribution in [-0.2, 0) is 9.53 Å². The summed E-state index contributed by atoms with van der Waals surface area (Å²) in [5.41, 5.74) is 0. The van der Waals surface area contributed by atoms with Crippen LogP contribution in [0.15, 0.2) is 0 Å². The van der Waals surface area contributed by atoms with E-state index in [0.29, 0.717) is 13.2 Å². The van der Waals surface area contributed by atoms with Gasteiger partial charge in [-0.15, -0.1) is 0 Å². The van der Waals surface area contributed by atoms with E-state index in [2.05, 4.69) is 4.90 Å². The molecule has 0 aromatic rings. The number of ether oxygens (including phenoxy) is 1. The molecular formula is C13H23NO4. The molecule has 5 heteroatoms. The van der Waals surface area contributed by atoms with E-state index in [1.807, 2.05) is 6.92 Å². The number of hydrogen-bond donors (Lipinski definition) is 2. The minimum atomic E-state index is -0.791. The molecule has 5 nitrogen and oxygen atoms in total. The second-order valence-corrected chi connectivity index (χ2v) is 5.30. The molecule has 0 aromatic carbocycles. The van der Waals surface area contributed by atoms with E-state index in [-0.39, 0.29) is 18.2 Å². The Hall–Kier alpha value is -0.650.